The molecular formula is C12H10Cl2N2O. The molecule has 1 aromatic heterocycles. The number of hydrogen-bond acceptors (Lipinski definition) is 3. The van der Waals surface area contributed by atoms with Crippen LogP contribution in [0.4, 0.5) is 5.69 Å². The average molecular weight is 269 g/mol. The van der Waals surface area contributed by atoms with Gasteiger partial charge in [-0.25, -0.2) is 0 Å². The summed E-state index contributed by atoms with van der Waals surface area (Å²) in [5.41, 5.74) is 7.26. The fourth-order valence-electron chi connectivity index (χ4n) is 1.54. The van der Waals surface area contributed by atoms with Crippen molar-refractivity contribution in [2.24, 2.45) is 0 Å². The number of halogens is 2. The number of nitrogens with zero attached hydrogens (tertiary/aromatic N) is 1. The number of aromatic nitrogens is 1. The molecule has 0 aliphatic heterocycles. The molecule has 1 unspecified atom stereocenters. The Bertz CT molecular complexity index is 546. The fraction of sp³-hybridized carbons (Fsp3) is 0.0833. The zero-order chi connectivity index (χ0) is 12.4. The predicted octanol–water partition coefficient (Wildman–Crippen LogP) is 3.05. The average Bonchev–Trinajstić information content (AvgIpc) is 2.32. The highest BCUT2D eigenvalue weighted by Crippen LogP contribution is 2.32. The molecule has 3 nitrogen and oxygen atoms in total. The first kappa shape index (κ1) is 12.2. The molecular weight excluding hydrogens is 259 g/mol. The van der Waals surface area contributed by atoms with Crippen molar-refractivity contribution >= 4 is 28.9 Å². The van der Waals surface area contributed by atoms with Crippen molar-refractivity contribution in [3.63, 3.8) is 0 Å². The smallest absolute Gasteiger partial charge is 0.109 e. The van der Waals surface area contributed by atoms with E-state index in [0.717, 1.165) is 0 Å². The van der Waals surface area contributed by atoms with Crippen LogP contribution in [0.25, 0.3) is 0 Å². The Morgan fingerprint density at radius 1 is 1.18 bits per heavy atom. The van der Waals surface area contributed by atoms with Gasteiger partial charge >= 0.3 is 0 Å². The molecule has 0 aliphatic rings. The lowest BCUT2D eigenvalue weighted by Crippen LogP contribution is -2.05. The maximum absolute atomic E-state index is 10.2. The van der Waals surface area contributed by atoms with Crippen molar-refractivity contribution in [3.05, 3.63) is 57.8 Å². The lowest BCUT2D eigenvalue weighted by molar-refractivity contribution is 0.221. The van der Waals surface area contributed by atoms with Gasteiger partial charge in [0.2, 0.25) is 0 Å². The molecule has 0 bridgehead atoms. The summed E-state index contributed by atoms with van der Waals surface area (Å²) < 4.78 is 0. The number of nitrogens with two attached hydrogens (primary N) is 1. The molecule has 0 aliphatic carbocycles. The molecule has 5 heteroatoms. The number of aliphatic hydroxyl groups is 1. The van der Waals surface area contributed by atoms with E-state index in [0.29, 0.717) is 26.9 Å². The Morgan fingerprint density at radius 2 is 1.94 bits per heavy atom. The standard InChI is InChI=1S/C12H10Cl2N2O/c13-7-1-2-10(14)8(5-7)12(17)9-6-16-4-3-11(9)15/h1-6,12,17H,(H2,15,16). The normalized spacial score (nSPS) is 12.4. The Kier molecular flexibility index (Phi) is 3.52. The first-order chi connectivity index (χ1) is 8.09. The molecule has 1 aromatic carbocycles. The van der Waals surface area contributed by atoms with E-state index in [9.17, 15) is 5.11 Å². The van der Waals surface area contributed by atoms with Crippen molar-refractivity contribution < 1.29 is 5.11 Å². The van der Waals surface area contributed by atoms with Crippen LogP contribution in [-0.4, -0.2) is 10.1 Å². The summed E-state index contributed by atoms with van der Waals surface area (Å²) in [6.07, 6.45) is 2.14. The molecule has 1 heterocycles. The van der Waals surface area contributed by atoms with Gasteiger partial charge in [-0.05, 0) is 24.3 Å². The van der Waals surface area contributed by atoms with Gasteiger partial charge < -0.3 is 10.8 Å². The number of benzene rings is 1. The van der Waals surface area contributed by atoms with Crippen LogP contribution in [0.2, 0.25) is 10.0 Å². The number of hydrogen-bond donors (Lipinski definition) is 2. The third-order valence-corrected chi connectivity index (χ3v) is 3.01. The number of pyridine rings is 1. The minimum absolute atomic E-state index is 0.435. The number of nitrogen functional groups attached to an aromatic ring is 1. The molecule has 0 saturated heterocycles. The monoisotopic (exact) mass is 268 g/mol. The van der Waals surface area contributed by atoms with Crippen molar-refractivity contribution in [2.45, 2.75) is 6.10 Å². The lowest BCUT2D eigenvalue weighted by atomic mass is 10.0. The zero-order valence-electron chi connectivity index (χ0n) is 8.77. The summed E-state index contributed by atoms with van der Waals surface area (Å²) in [6.45, 7) is 0. The van der Waals surface area contributed by atoms with Gasteiger partial charge in [0.05, 0.1) is 0 Å². The molecule has 88 valence electrons. The number of rotatable bonds is 2. The summed E-state index contributed by atoms with van der Waals surface area (Å²) in [6, 6.07) is 6.53. The second kappa shape index (κ2) is 4.92. The summed E-state index contributed by atoms with van der Waals surface area (Å²) in [5, 5.41) is 11.2. The van der Waals surface area contributed by atoms with Gasteiger partial charge in [-0.15, -0.1) is 0 Å². The first-order valence-electron chi connectivity index (χ1n) is 4.92. The van der Waals surface area contributed by atoms with Gasteiger partial charge in [0, 0.05) is 39.3 Å². The number of aliphatic hydroxyl groups excluding tert-OH is 1. The van der Waals surface area contributed by atoms with Crippen molar-refractivity contribution in [2.75, 3.05) is 5.73 Å². The van der Waals surface area contributed by atoms with Crippen molar-refractivity contribution in [1.29, 1.82) is 0 Å². The molecule has 0 spiro atoms. The minimum atomic E-state index is -0.935. The van der Waals surface area contributed by atoms with Crippen LogP contribution in [0.5, 0.6) is 0 Å². The van der Waals surface area contributed by atoms with Crippen LogP contribution >= 0.6 is 23.2 Å². The van der Waals surface area contributed by atoms with Crippen LogP contribution in [-0.2, 0) is 0 Å². The Balaban J connectivity index is 2.47. The highest BCUT2D eigenvalue weighted by molar-refractivity contribution is 6.33. The van der Waals surface area contributed by atoms with E-state index in [4.69, 9.17) is 28.9 Å². The molecule has 17 heavy (non-hydrogen) atoms. The molecule has 3 N–H and O–H groups in total. The van der Waals surface area contributed by atoms with Gasteiger partial charge in [-0.2, -0.15) is 0 Å². The third-order valence-electron chi connectivity index (χ3n) is 2.43. The molecule has 0 radical (unpaired) electrons. The number of anilines is 1. The van der Waals surface area contributed by atoms with E-state index in [1.807, 2.05) is 0 Å². The van der Waals surface area contributed by atoms with Crippen molar-refractivity contribution in [1.82, 2.24) is 4.98 Å². The largest absolute Gasteiger partial charge is 0.398 e. The molecule has 0 fully saturated rings. The van der Waals surface area contributed by atoms with Gasteiger partial charge in [0.1, 0.15) is 6.10 Å². The first-order valence-corrected chi connectivity index (χ1v) is 5.67. The van der Waals surface area contributed by atoms with Gasteiger partial charge in [0.25, 0.3) is 0 Å². The van der Waals surface area contributed by atoms with E-state index < -0.39 is 6.10 Å². The second-order valence-corrected chi connectivity index (χ2v) is 4.42. The summed E-state index contributed by atoms with van der Waals surface area (Å²) in [7, 11) is 0. The van der Waals surface area contributed by atoms with Gasteiger partial charge in [-0.1, -0.05) is 23.2 Å². The molecule has 2 rings (SSSR count). The highest BCUT2D eigenvalue weighted by atomic mass is 35.5. The fourth-order valence-corrected chi connectivity index (χ4v) is 1.94. The minimum Gasteiger partial charge on any atom is -0.398 e. The van der Waals surface area contributed by atoms with E-state index in [2.05, 4.69) is 4.98 Å². The topological polar surface area (TPSA) is 59.1 Å². The van der Waals surface area contributed by atoms with E-state index in [-0.39, 0.29) is 0 Å². The Hall–Kier alpha value is -1.29. The second-order valence-electron chi connectivity index (χ2n) is 3.57. The van der Waals surface area contributed by atoms with Crippen LogP contribution in [0.15, 0.2) is 36.7 Å². The maximum Gasteiger partial charge on any atom is 0.109 e. The quantitative estimate of drug-likeness (QED) is 0.880. The molecule has 0 amide bonds. The molecule has 0 saturated carbocycles. The summed E-state index contributed by atoms with van der Waals surface area (Å²) in [5.74, 6) is 0. The van der Waals surface area contributed by atoms with E-state index >= 15 is 0 Å². The molecule has 2 aromatic rings. The van der Waals surface area contributed by atoms with E-state index in [1.165, 1.54) is 6.20 Å². The predicted molar refractivity (Wildman–Crippen MR) is 69.2 cm³/mol. The Labute approximate surface area is 109 Å². The maximum atomic E-state index is 10.2. The zero-order valence-corrected chi connectivity index (χ0v) is 10.3. The summed E-state index contributed by atoms with van der Waals surface area (Å²) >= 11 is 11.9. The van der Waals surface area contributed by atoms with Crippen LogP contribution in [0.1, 0.15) is 17.2 Å². The SMILES string of the molecule is Nc1ccncc1C(O)c1cc(Cl)ccc1Cl. The van der Waals surface area contributed by atoms with Crippen molar-refractivity contribution in [3.8, 4) is 0 Å². The van der Waals surface area contributed by atoms with Crippen LogP contribution in [0.3, 0.4) is 0 Å². The third kappa shape index (κ3) is 2.52. The lowest BCUT2D eigenvalue weighted by Gasteiger charge is -2.14. The molecule has 1 atom stereocenters. The van der Waals surface area contributed by atoms with Crippen LogP contribution in [0, 0.1) is 0 Å². The highest BCUT2D eigenvalue weighted by Gasteiger charge is 2.16. The van der Waals surface area contributed by atoms with Gasteiger partial charge in [-0.3, -0.25) is 4.98 Å². The van der Waals surface area contributed by atoms with E-state index in [1.54, 1.807) is 30.5 Å². The van der Waals surface area contributed by atoms with Crippen LogP contribution < -0.4 is 5.73 Å². The Morgan fingerprint density at radius 3 is 2.65 bits per heavy atom. The summed E-state index contributed by atoms with van der Waals surface area (Å²) in [4.78, 5) is 3.93. The van der Waals surface area contributed by atoms with Gasteiger partial charge in [0.15, 0.2) is 0 Å².